The van der Waals surface area contributed by atoms with Crippen molar-refractivity contribution in [2.24, 2.45) is 0 Å². The number of fused-ring (bicyclic) bond motifs is 1. The molecule has 0 bridgehead atoms. The van der Waals surface area contributed by atoms with E-state index in [4.69, 9.17) is 9.47 Å². The molecule has 3 atom stereocenters. The van der Waals surface area contributed by atoms with E-state index in [-0.39, 0.29) is 54.6 Å². The van der Waals surface area contributed by atoms with Crippen molar-refractivity contribution >= 4 is 41.9 Å². The van der Waals surface area contributed by atoms with Crippen LogP contribution in [0.1, 0.15) is 20.0 Å². The van der Waals surface area contributed by atoms with Gasteiger partial charge in [-0.3, -0.25) is 24.1 Å². The first-order chi connectivity index (χ1) is 15.3. The molecule has 3 rings (SSSR count). The topological polar surface area (TPSA) is 151 Å². The molecule has 1 aromatic carbocycles. The van der Waals surface area contributed by atoms with Gasteiger partial charge in [-0.05, 0) is 5.56 Å². The van der Waals surface area contributed by atoms with Crippen LogP contribution in [0.15, 0.2) is 41.6 Å². The maximum atomic E-state index is 13.1. The number of aliphatic carboxylic acids is 1. The summed E-state index contributed by atoms with van der Waals surface area (Å²) < 4.78 is 10.3. The summed E-state index contributed by atoms with van der Waals surface area (Å²) >= 11 is 1.15. The van der Waals surface area contributed by atoms with Crippen LogP contribution in [0, 0.1) is 0 Å². The molecule has 2 aliphatic rings. The Morgan fingerprint density at radius 3 is 2.58 bits per heavy atom. The molecule has 2 heterocycles. The number of carbonyl (C=O) groups excluding carboxylic acids is 4. The number of hydrogen-bond acceptors (Lipinski definition) is 8. The summed E-state index contributed by atoms with van der Waals surface area (Å²) in [6, 6.07) is 7.31. The Morgan fingerprint density at radius 1 is 1.36 bits per heavy atom. The summed E-state index contributed by atoms with van der Waals surface area (Å²) in [7, 11) is 1.22. The van der Waals surface area contributed by atoms with Gasteiger partial charge in [0.1, 0.15) is 23.7 Å². The van der Waals surface area contributed by atoms with Crippen molar-refractivity contribution < 1.29 is 69.5 Å². The maximum absolute atomic E-state index is 13.1. The SMILES string of the molecule is COC1(NC(=O)C(NC=O)c2ccccc2)C(=O)N2C(C(=O)O)=C(COC(C)=O)CSC21.[H-].[Na+]. The van der Waals surface area contributed by atoms with Crippen LogP contribution >= 0.6 is 11.8 Å². The summed E-state index contributed by atoms with van der Waals surface area (Å²) in [4.78, 5) is 61.1. The molecule has 172 valence electrons. The Morgan fingerprint density at radius 2 is 2.03 bits per heavy atom. The van der Waals surface area contributed by atoms with Crippen LogP contribution in [-0.4, -0.2) is 70.7 Å². The van der Waals surface area contributed by atoms with E-state index in [1.165, 1.54) is 14.0 Å². The molecule has 0 aliphatic carbocycles. The van der Waals surface area contributed by atoms with Crippen molar-refractivity contribution in [3.63, 3.8) is 0 Å². The summed E-state index contributed by atoms with van der Waals surface area (Å²) in [5, 5.41) is 13.7. The molecule has 1 fully saturated rings. The standard InChI is InChI=1S/C20H21N3O8S.Na.H/c1-11(25)31-8-13-9-32-19-20(30-2,18(29)23(19)15(13)17(27)28)22-16(26)14(21-10-24)12-6-4-3-5-7-12;;/h3-7,10,14,19H,8-9H2,1-2H3,(H,21,24)(H,22,26)(H,27,28);;/q;+1;-1. The number of nitrogens with zero attached hydrogens (tertiary/aromatic N) is 1. The third-order valence-corrected chi connectivity index (χ3v) is 6.40. The van der Waals surface area contributed by atoms with E-state index in [2.05, 4.69) is 10.6 Å². The van der Waals surface area contributed by atoms with Gasteiger partial charge >= 0.3 is 41.5 Å². The van der Waals surface area contributed by atoms with Crippen molar-refractivity contribution in [3.8, 4) is 0 Å². The number of rotatable bonds is 9. The summed E-state index contributed by atoms with van der Waals surface area (Å²) in [6.07, 6.45) is 0.369. The third kappa shape index (κ3) is 5.09. The normalized spacial score (nSPS) is 22.2. The van der Waals surface area contributed by atoms with Crippen LogP contribution in [0.3, 0.4) is 0 Å². The van der Waals surface area contributed by atoms with Gasteiger partial charge in [0.05, 0.1) is 0 Å². The van der Waals surface area contributed by atoms with Crippen LogP contribution in [0.5, 0.6) is 0 Å². The summed E-state index contributed by atoms with van der Waals surface area (Å²) in [5.74, 6) is -3.31. The van der Waals surface area contributed by atoms with Crippen LogP contribution in [0.25, 0.3) is 0 Å². The molecule has 13 heteroatoms. The average molecular weight is 487 g/mol. The van der Waals surface area contributed by atoms with E-state index in [1.807, 2.05) is 0 Å². The van der Waals surface area contributed by atoms with Crippen LogP contribution in [0.4, 0.5) is 0 Å². The van der Waals surface area contributed by atoms with Crippen molar-refractivity contribution in [1.29, 1.82) is 0 Å². The van der Waals surface area contributed by atoms with E-state index in [0.29, 0.717) is 12.0 Å². The molecule has 0 spiro atoms. The molecular formula is C20H22N3NaO8S. The number of methoxy groups -OCH3 is 1. The second-order valence-electron chi connectivity index (χ2n) is 6.93. The average Bonchev–Trinajstić information content (AvgIpc) is 2.78. The molecule has 0 saturated carbocycles. The van der Waals surface area contributed by atoms with Gasteiger partial charge in [0.25, 0.3) is 11.6 Å². The van der Waals surface area contributed by atoms with E-state index < -0.39 is 40.9 Å². The Hall–Kier alpha value is -2.38. The molecule has 3 amide bonds. The molecule has 2 aliphatic heterocycles. The fraction of sp³-hybridized carbons (Fsp3) is 0.350. The molecular weight excluding hydrogens is 465 g/mol. The second-order valence-corrected chi connectivity index (χ2v) is 8.00. The maximum Gasteiger partial charge on any atom is 1.00 e. The van der Waals surface area contributed by atoms with Crippen molar-refractivity contribution in [2.75, 3.05) is 19.5 Å². The number of nitrogens with one attached hydrogen (secondary N) is 2. The van der Waals surface area contributed by atoms with Gasteiger partial charge in [0.2, 0.25) is 12.3 Å². The molecule has 0 aromatic heterocycles. The number of amides is 3. The minimum absolute atomic E-state index is 0. The minimum Gasteiger partial charge on any atom is -1.00 e. The van der Waals surface area contributed by atoms with Crippen LogP contribution in [0.2, 0.25) is 0 Å². The number of ether oxygens (including phenoxy) is 2. The number of carbonyl (C=O) groups is 5. The zero-order chi connectivity index (χ0) is 23.5. The van der Waals surface area contributed by atoms with Gasteiger partial charge in [0, 0.05) is 25.4 Å². The largest absolute Gasteiger partial charge is 1.00 e. The first kappa shape index (κ1) is 26.9. The summed E-state index contributed by atoms with van der Waals surface area (Å²) in [5.41, 5.74) is -1.40. The second kappa shape index (κ2) is 11.2. The van der Waals surface area contributed by atoms with Crippen LogP contribution < -0.4 is 40.2 Å². The van der Waals surface area contributed by atoms with Gasteiger partial charge in [-0.15, -0.1) is 11.8 Å². The van der Waals surface area contributed by atoms with Gasteiger partial charge in [0.15, 0.2) is 0 Å². The number of thioether (sulfide) groups is 1. The number of carboxylic acids is 1. The van der Waals surface area contributed by atoms with E-state index in [0.717, 1.165) is 16.7 Å². The predicted octanol–water partition coefficient (Wildman–Crippen LogP) is -3.13. The van der Waals surface area contributed by atoms with E-state index >= 15 is 0 Å². The van der Waals surface area contributed by atoms with Gasteiger partial charge in [-0.1, -0.05) is 30.3 Å². The Labute approximate surface area is 217 Å². The number of benzene rings is 1. The first-order valence-corrected chi connectivity index (χ1v) is 10.5. The Kier molecular flexibility index (Phi) is 9.09. The zero-order valence-corrected chi connectivity index (χ0v) is 21.0. The number of hydrogen-bond donors (Lipinski definition) is 3. The molecule has 1 saturated heterocycles. The predicted molar refractivity (Wildman–Crippen MR) is 112 cm³/mol. The van der Waals surface area contributed by atoms with E-state index in [9.17, 15) is 29.1 Å². The molecule has 3 N–H and O–H groups in total. The molecule has 0 radical (unpaired) electrons. The fourth-order valence-electron chi connectivity index (χ4n) is 3.54. The first-order valence-electron chi connectivity index (χ1n) is 9.42. The molecule has 1 aromatic rings. The smallest absolute Gasteiger partial charge is 1.00 e. The van der Waals surface area contributed by atoms with Crippen molar-refractivity contribution in [2.45, 2.75) is 24.1 Å². The van der Waals surface area contributed by atoms with Crippen molar-refractivity contribution in [1.82, 2.24) is 15.5 Å². The van der Waals surface area contributed by atoms with Crippen molar-refractivity contribution in [3.05, 3.63) is 47.2 Å². The fourth-order valence-corrected chi connectivity index (χ4v) is 4.96. The molecule has 3 unspecified atom stereocenters. The molecule has 33 heavy (non-hydrogen) atoms. The molecule has 11 nitrogen and oxygen atoms in total. The quantitative estimate of drug-likeness (QED) is 0.108. The third-order valence-electron chi connectivity index (χ3n) is 5.02. The number of esters is 1. The zero-order valence-electron chi connectivity index (χ0n) is 19.2. The minimum atomic E-state index is -1.83. The Balaban J connectivity index is 0.00000289. The van der Waals surface area contributed by atoms with Gasteiger partial charge in [-0.2, -0.15) is 0 Å². The Bertz CT molecular complexity index is 995. The van der Waals surface area contributed by atoms with Crippen LogP contribution in [-0.2, 0) is 33.4 Å². The van der Waals surface area contributed by atoms with E-state index in [1.54, 1.807) is 30.3 Å². The van der Waals surface area contributed by atoms with Gasteiger partial charge < -0.3 is 26.6 Å². The summed E-state index contributed by atoms with van der Waals surface area (Å²) in [6.45, 7) is 0.919. The number of β-lactam (4-membered cyclic amide) rings is 1. The van der Waals surface area contributed by atoms with Gasteiger partial charge in [-0.25, -0.2) is 4.79 Å². The number of carboxylic acid groups (broad SMARTS) is 1. The monoisotopic (exact) mass is 487 g/mol.